The topological polar surface area (TPSA) is 119 Å². The molecule has 1 aliphatic heterocycles. The second-order valence-corrected chi connectivity index (χ2v) is 19.7. The molecule has 1 saturated heterocycles. The molecule has 3 aromatic carbocycles. The molecule has 53 heavy (non-hydrogen) atoms. The monoisotopic (exact) mass is 743 g/mol. The Morgan fingerprint density at radius 3 is 1.89 bits per heavy atom. The predicted molar refractivity (Wildman–Crippen MR) is 207 cm³/mol. The summed E-state index contributed by atoms with van der Waals surface area (Å²) >= 11 is 0. The van der Waals surface area contributed by atoms with E-state index in [0.717, 1.165) is 28.2 Å². The number of amides is 1. The van der Waals surface area contributed by atoms with Gasteiger partial charge in [0.15, 0.2) is 14.5 Å². The van der Waals surface area contributed by atoms with Crippen molar-refractivity contribution < 1.29 is 32.9 Å². The van der Waals surface area contributed by atoms with Crippen LogP contribution in [0.5, 0.6) is 11.5 Å². The van der Waals surface area contributed by atoms with Crippen LogP contribution >= 0.6 is 0 Å². The number of anilines is 1. The summed E-state index contributed by atoms with van der Waals surface area (Å²) in [5.74, 6) is 1.30. The van der Waals surface area contributed by atoms with Crippen LogP contribution in [0.25, 0.3) is 0 Å². The van der Waals surface area contributed by atoms with Gasteiger partial charge in [-0.05, 0) is 72.1 Å². The average molecular weight is 744 g/mol. The predicted octanol–water partition coefficient (Wildman–Crippen LogP) is 7.31. The van der Waals surface area contributed by atoms with E-state index in [1.165, 1.54) is 11.5 Å². The van der Waals surface area contributed by atoms with Crippen LogP contribution in [0.3, 0.4) is 0 Å². The average Bonchev–Trinajstić information content (AvgIpc) is 3.45. The lowest BCUT2D eigenvalue weighted by Gasteiger charge is -2.41. The van der Waals surface area contributed by atoms with Crippen LogP contribution < -0.4 is 20.5 Å². The van der Waals surface area contributed by atoms with Crippen LogP contribution in [0, 0.1) is 0 Å². The van der Waals surface area contributed by atoms with Crippen molar-refractivity contribution in [1.29, 1.82) is 0 Å². The quantitative estimate of drug-likeness (QED) is 0.105. The maximum absolute atomic E-state index is 13.4. The summed E-state index contributed by atoms with van der Waals surface area (Å²) in [5, 5.41) is 2.46. The SMILES string of the molecule is COc1ccc(C(OC(C)C[C@H]2O[C@@H](n3ccc(NC(C)=O)nc3=O)[C@H](OC)[C@@H]2O[Si](C)(C)C(C)(C)C)(c2ccccc2)c2ccc(OC)cc2)cc1. The zero-order valence-corrected chi connectivity index (χ0v) is 33.4. The highest BCUT2D eigenvalue weighted by molar-refractivity contribution is 6.74. The largest absolute Gasteiger partial charge is 0.497 e. The molecule has 5 rings (SSSR count). The number of benzene rings is 3. The van der Waals surface area contributed by atoms with Crippen LogP contribution in [0.2, 0.25) is 18.1 Å². The number of carbonyl (C=O) groups excluding carboxylic acids is 1. The number of ether oxygens (including phenoxy) is 5. The highest BCUT2D eigenvalue weighted by Crippen LogP contribution is 2.46. The summed E-state index contributed by atoms with van der Waals surface area (Å²) in [6, 6.07) is 27.5. The van der Waals surface area contributed by atoms with Gasteiger partial charge in [0, 0.05) is 26.7 Å². The van der Waals surface area contributed by atoms with E-state index in [-0.39, 0.29) is 16.8 Å². The number of hydrogen-bond donors (Lipinski definition) is 1. The molecule has 12 heteroatoms. The number of carbonyl (C=O) groups is 1. The van der Waals surface area contributed by atoms with Gasteiger partial charge in [-0.3, -0.25) is 9.36 Å². The first-order valence-electron chi connectivity index (χ1n) is 17.9. The first kappa shape index (κ1) is 39.9. The molecular weight excluding hydrogens is 691 g/mol. The van der Waals surface area contributed by atoms with Crippen molar-refractivity contribution in [2.45, 2.75) is 95.4 Å². The molecule has 5 atom stereocenters. The van der Waals surface area contributed by atoms with Crippen molar-refractivity contribution in [1.82, 2.24) is 9.55 Å². The summed E-state index contributed by atoms with van der Waals surface area (Å²) in [7, 11) is 2.50. The minimum Gasteiger partial charge on any atom is -0.497 e. The highest BCUT2D eigenvalue weighted by Gasteiger charge is 2.52. The minimum atomic E-state index is -2.39. The molecule has 0 saturated carbocycles. The van der Waals surface area contributed by atoms with Gasteiger partial charge in [-0.2, -0.15) is 4.98 Å². The normalized spacial score (nSPS) is 19.8. The number of nitrogens with zero attached hydrogens (tertiary/aromatic N) is 2. The van der Waals surface area contributed by atoms with Crippen LogP contribution in [0.4, 0.5) is 5.82 Å². The molecule has 0 bridgehead atoms. The molecular formula is C41H53N3O8Si. The summed E-state index contributed by atoms with van der Waals surface area (Å²) in [6.45, 7) is 14.3. The number of aromatic nitrogens is 2. The lowest BCUT2D eigenvalue weighted by atomic mass is 9.79. The Kier molecular flexibility index (Phi) is 12.3. The van der Waals surface area contributed by atoms with Gasteiger partial charge in [0.2, 0.25) is 5.91 Å². The summed E-state index contributed by atoms with van der Waals surface area (Å²) in [5.41, 5.74) is 1.13. The second-order valence-electron chi connectivity index (χ2n) is 15.0. The molecule has 0 aliphatic carbocycles. The maximum Gasteiger partial charge on any atom is 0.351 e. The van der Waals surface area contributed by atoms with E-state index in [4.69, 9.17) is 28.1 Å². The van der Waals surface area contributed by atoms with Crippen LogP contribution in [-0.2, 0) is 29.0 Å². The van der Waals surface area contributed by atoms with Crippen molar-refractivity contribution in [3.05, 3.63) is 118 Å². The van der Waals surface area contributed by atoms with E-state index in [9.17, 15) is 9.59 Å². The van der Waals surface area contributed by atoms with Gasteiger partial charge in [-0.25, -0.2) is 4.79 Å². The zero-order valence-electron chi connectivity index (χ0n) is 32.4. The Hall–Kier alpha value is -4.33. The van der Waals surface area contributed by atoms with Crippen molar-refractivity contribution >= 4 is 20.0 Å². The lowest BCUT2D eigenvalue weighted by molar-refractivity contribution is -0.114. The first-order valence-corrected chi connectivity index (χ1v) is 20.8. The third-order valence-corrected chi connectivity index (χ3v) is 14.8. The van der Waals surface area contributed by atoms with Gasteiger partial charge >= 0.3 is 5.69 Å². The Balaban J connectivity index is 1.58. The molecule has 0 radical (unpaired) electrons. The van der Waals surface area contributed by atoms with Gasteiger partial charge in [-0.15, -0.1) is 0 Å². The van der Waals surface area contributed by atoms with Gasteiger partial charge in [0.1, 0.15) is 35.1 Å². The third kappa shape index (κ3) is 8.58. The number of hydrogen-bond acceptors (Lipinski definition) is 9. The number of nitrogens with one attached hydrogen (secondary N) is 1. The fourth-order valence-electron chi connectivity index (χ4n) is 6.59. The Morgan fingerprint density at radius 2 is 1.42 bits per heavy atom. The Bertz CT molecular complexity index is 1830. The molecule has 0 spiro atoms. The summed E-state index contributed by atoms with van der Waals surface area (Å²) in [4.78, 5) is 29.1. The number of methoxy groups -OCH3 is 3. The van der Waals surface area contributed by atoms with Crippen molar-refractivity contribution in [3.63, 3.8) is 0 Å². The fraction of sp³-hybridized carbons (Fsp3) is 0.439. The smallest absolute Gasteiger partial charge is 0.351 e. The van der Waals surface area contributed by atoms with Crippen molar-refractivity contribution in [3.8, 4) is 11.5 Å². The molecule has 1 N–H and O–H groups in total. The van der Waals surface area contributed by atoms with E-state index in [1.807, 2.05) is 73.7 Å². The van der Waals surface area contributed by atoms with E-state index < -0.39 is 50.3 Å². The summed E-state index contributed by atoms with van der Waals surface area (Å²) in [6.07, 6.45) is -0.999. The lowest BCUT2D eigenvalue weighted by Crippen LogP contribution is -2.50. The minimum absolute atomic E-state index is 0.111. The first-order chi connectivity index (χ1) is 25.1. The molecule has 1 unspecified atom stereocenters. The second kappa shape index (κ2) is 16.4. The molecule has 1 aliphatic rings. The van der Waals surface area contributed by atoms with Crippen molar-refractivity contribution in [2.24, 2.45) is 0 Å². The van der Waals surface area contributed by atoms with E-state index in [0.29, 0.717) is 6.42 Å². The van der Waals surface area contributed by atoms with E-state index in [1.54, 1.807) is 33.6 Å². The standard InChI is InChI=1S/C41H53N3O8Si/c1-27(51-41(29-14-12-11-13-15-29,30-16-20-32(47-6)21-17-30)31-18-22-33(48-7)23-19-31)26-34-36(52-53(9,10)40(3,4)5)37(49-8)38(50-34)44-25-24-35(42-28(2)45)43-39(44)46/h11-25,27,34,36-38H,26H2,1-10H3,(H,42,43,45,46)/t27?,34-,36-,37-,38-/m1/s1. The highest BCUT2D eigenvalue weighted by atomic mass is 28.4. The van der Waals surface area contributed by atoms with Crippen LogP contribution in [0.15, 0.2) is 95.9 Å². The molecule has 2 heterocycles. The summed E-state index contributed by atoms with van der Waals surface area (Å²) < 4.78 is 39.8. The molecule has 284 valence electrons. The third-order valence-electron chi connectivity index (χ3n) is 10.3. The van der Waals surface area contributed by atoms with Crippen LogP contribution in [0.1, 0.15) is 64.0 Å². The fourth-order valence-corrected chi connectivity index (χ4v) is 7.91. The molecule has 11 nitrogen and oxygen atoms in total. The molecule has 4 aromatic rings. The number of rotatable bonds is 14. The van der Waals surface area contributed by atoms with Crippen molar-refractivity contribution in [2.75, 3.05) is 26.6 Å². The van der Waals surface area contributed by atoms with Gasteiger partial charge < -0.3 is 33.4 Å². The Labute approximate surface area is 313 Å². The maximum atomic E-state index is 13.4. The zero-order chi connectivity index (χ0) is 38.6. The van der Waals surface area contributed by atoms with Gasteiger partial charge in [0.05, 0.1) is 26.4 Å². The van der Waals surface area contributed by atoms with E-state index in [2.05, 4.69) is 56.3 Å². The molecule has 1 amide bonds. The molecule has 1 fully saturated rings. The Morgan fingerprint density at radius 1 is 0.868 bits per heavy atom. The van der Waals surface area contributed by atoms with Gasteiger partial charge in [-0.1, -0.05) is 75.4 Å². The molecule has 1 aromatic heterocycles. The van der Waals surface area contributed by atoms with Crippen LogP contribution in [-0.4, -0.2) is 69.5 Å². The van der Waals surface area contributed by atoms with Gasteiger partial charge in [0.25, 0.3) is 0 Å². The van der Waals surface area contributed by atoms with E-state index >= 15 is 0 Å².